The van der Waals surface area contributed by atoms with Gasteiger partial charge in [0.1, 0.15) is 0 Å². The molecule has 0 radical (unpaired) electrons. The molecule has 146 valence electrons. The van der Waals surface area contributed by atoms with Crippen LogP contribution in [-0.4, -0.2) is 38.1 Å². The Labute approximate surface area is 165 Å². The Kier molecular flexibility index (Phi) is 5.46. The summed E-state index contributed by atoms with van der Waals surface area (Å²) in [4.78, 5) is 28.6. The number of carbonyl (C=O) groups excluding carboxylic acids is 2. The molecule has 0 unspecified atom stereocenters. The molecule has 6 heteroatoms. The molecule has 3 amide bonds. The number of hydrogen-bond acceptors (Lipinski definition) is 3. The minimum Gasteiger partial charge on any atom is -0.372 e. The molecule has 0 aliphatic carbocycles. The van der Waals surface area contributed by atoms with Crippen LogP contribution < -0.4 is 20.4 Å². The highest BCUT2D eigenvalue weighted by molar-refractivity contribution is 6.05. The molecule has 2 saturated heterocycles. The summed E-state index contributed by atoms with van der Waals surface area (Å²) in [6.45, 7) is 3.44. The molecule has 2 N–H and O–H groups in total. The minimum absolute atomic E-state index is 0.123. The maximum absolute atomic E-state index is 12.7. The first-order valence-corrected chi connectivity index (χ1v) is 10.0. The van der Waals surface area contributed by atoms with Gasteiger partial charge in [-0.05, 0) is 55.3 Å². The van der Waals surface area contributed by atoms with Gasteiger partial charge in [0.05, 0.1) is 0 Å². The normalized spacial score (nSPS) is 17.2. The van der Waals surface area contributed by atoms with E-state index in [4.69, 9.17) is 0 Å². The molecule has 0 saturated carbocycles. The lowest BCUT2D eigenvalue weighted by Gasteiger charge is -2.22. The molecule has 2 aliphatic heterocycles. The number of anilines is 3. The zero-order chi connectivity index (χ0) is 19.3. The first-order chi connectivity index (χ1) is 13.7. The van der Waals surface area contributed by atoms with Crippen LogP contribution in [0.1, 0.15) is 36.0 Å². The number of benzene rings is 2. The standard InChI is InChI=1S/C22H26N4O2/c27-21(17-6-5-7-20(16-17)26-15-12-23-22(26)28)24-18-8-10-19(11-9-18)25-13-3-1-2-4-14-25/h5-11,16H,1-4,12-15H2,(H,23,28)(H,24,27). The Morgan fingerprint density at radius 2 is 1.64 bits per heavy atom. The van der Waals surface area contributed by atoms with Gasteiger partial charge in [-0.3, -0.25) is 9.69 Å². The van der Waals surface area contributed by atoms with E-state index in [2.05, 4.69) is 27.7 Å². The molecule has 0 aromatic heterocycles. The van der Waals surface area contributed by atoms with Gasteiger partial charge in [0.15, 0.2) is 0 Å². The van der Waals surface area contributed by atoms with Crippen LogP contribution in [0.25, 0.3) is 0 Å². The predicted octanol–water partition coefficient (Wildman–Crippen LogP) is 3.85. The third-order valence-electron chi connectivity index (χ3n) is 5.37. The van der Waals surface area contributed by atoms with Gasteiger partial charge in [0, 0.05) is 48.8 Å². The molecule has 2 aromatic carbocycles. The van der Waals surface area contributed by atoms with Crippen LogP contribution in [0.3, 0.4) is 0 Å². The van der Waals surface area contributed by atoms with Crippen molar-refractivity contribution in [1.82, 2.24) is 5.32 Å². The van der Waals surface area contributed by atoms with Crippen molar-refractivity contribution in [2.24, 2.45) is 0 Å². The van der Waals surface area contributed by atoms with Gasteiger partial charge >= 0.3 is 6.03 Å². The maximum atomic E-state index is 12.7. The van der Waals surface area contributed by atoms with E-state index in [9.17, 15) is 9.59 Å². The highest BCUT2D eigenvalue weighted by Crippen LogP contribution is 2.23. The molecule has 0 bridgehead atoms. The monoisotopic (exact) mass is 378 g/mol. The molecule has 2 fully saturated rings. The summed E-state index contributed by atoms with van der Waals surface area (Å²) < 4.78 is 0. The summed E-state index contributed by atoms with van der Waals surface area (Å²) >= 11 is 0. The number of nitrogens with one attached hydrogen (secondary N) is 2. The molecule has 0 spiro atoms. The van der Waals surface area contributed by atoms with Crippen LogP contribution in [-0.2, 0) is 0 Å². The molecule has 4 rings (SSSR count). The zero-order valence-electron chi connectivity index (χ0n) is 16.0. The summed E-state index contributed by atoms with van der Waals surface area (Å²) in [5.41, 5.74) is 3.25. The topological polar surface area (TPSA) is 64.7 Å². The van der Waals surface area contributed by atoms with Gasteiger partial charge in [-0.2, -0.15) is 0 Å². The Hall–Kier alpha value is -3.02. The van der Waals surface area contributed by atoms with E-state index in [1.54, 1.807) is 23.1 Å². The van der Waals surface area contributed by atoms with Crippen molar-refractivity contribution < 1.29 is 9.59 Å². The fraction of sp³-hybridized carbons (Fsp3) is 0.364. The lowest BCUT2D eigenvalue weighted by atomic mass is 10.1. The van der Waals surface area contributed by atoms with Crippen molar-refractivity contribution in [1.29, 1.82) is 0 Å². The SMILES string of the molecule is O=C(Nc1ccc(N2CCCCCC2)cc1)c1cccc(N2CCNC2=O)c1. The highest BCUT2D eigenvalue weighted by Gasteiger charge is 2.21. The van der Waals surface area contributed by atoms with Crippen LogP contribution in [0.4, 0.5) is 21.9 Å². The number of carbonyl (C=O) groups is 2. The molecule has 6 nitrogen and oxygen atoms in total. The van der Waals surface area contributed by atoms with Crippen molar-refractivity contribution in [3.63, 3.8) is 0 Å². The quantitative estimate of drug-likeness (QED) is 0.849. The molecule has 2 aromatic rings. The second kappa shape index (κ2) is 8.33. The summed E-state index contributed by atoms with van der Waals surface area (Å²) in [6, 6.07) is 15.1. The molecular formula is C22H26N4O2. The largest absolute Gasteiger partial charge is 0.372 e. The minimum atomic E-state index is -0.177. The van der Waals surface area contributed by atoms with Crippen LogP contribution in [0, 0.1) is 0 Å². The lowest BCUT2D eigenvalue weighted by molar-refractivity contribution is 0.102. The summed E-state index contributed by atoms with van der Waals surface area (Å²) in [5.74, 6) is -0.177. The maximum Gasteiger partial charge on any atom is 0.321 e. The van der Waals surface area contributed by atoms with Crippen molar-refractivity contribution in [2.75, 3.05) is 41.3 Å². The Balaban J connectivity index is 1.43. The fourth-order valence-corrected chi connectivity index (χ4v) is 3.82. The molecule has 28 heavy (non-hydrogen) atoms. The van der Waals surface area contributed by atoms with Gasteiger partial charge in [0.25, 0.3) is 5.91 Å². The van der Waals surface area contributed by atoms with Gasteiger partial charge in [0.2, 0.25) is 0 Å². The van der Waals surface area contributed by atoms with Crippen molar-refractivity contribution in [2.45, 2.75) is 25.7 Å². The van der Waals surface area contributed by atoms with Crippen LogP contribution >= 0.6 is 0 Å². The second-order valence-corrected chi connectivity index (χ2v) is 7.34. The molecule has 2 aliphatic rings. The average Bonchev–Trinajstić information content (AvgIpc) is 2.98. The van der Waals surface area contributed by atoms with Crippen LogP contribution in [0.2, 0.25) is 0 Å². The molecular weight excluding hydrogens is 352 g/mol. The van der Waals surface area contributed by atoms with Gasteiger partial charge in [-0.15, -0.1) is 0 Å². The highest BCUT2D eigenvalue weighted by atomic mass is 16.2. The van der Waals surface area contributed by atoms with Gasteiger partial charge < -0.3 is 15.5 Å². The van der Waals surface area contributed by atoms with Gasteiger partial charge in [-0.1, -0.05) is 18.9 Å². The van der Waals surface area contributed by atoms with E-state index in [-0.39, 0.29) is 11.9 Å². The number of urea groups is 1. The number of amides is 3. The second-order valence-electron chi connectivity index (χ2n) is 7.34. The lowest BCUT2D eigenvalue weighted by Crippen LogP contribution is -2.27. The molecule has 2 heterocycles. The summed E-state index contributed by atoms with van der Waals surface area (Å²) in [5, 5.41) is 5.73. The number of hydrogen-bond donors (Lipinski definition) is 2. The van der Waals surface area contributed by atoms with E-state index < -0.39 is 0 Å². The van der Waals surface area contributed by atoms with Crippen molar-refractivity contribution in [3.05, 3.63) is 54.1 Å². The van der Waals surface area contributed by atoms with E-state index in [1.165, 1.54) is 31.4 Å². The third-order valence-corrected chi connectivity index (χ3v) is 5.37. The first-order valence-electron chi connectivity index (χ1n) is 10.0. The Bertz CT molecular complexity index is 842. The average molecular weight is 378 g/mol. The Morgan fingerprint density at radius 3 is 2.32 bits per heavy atom. The number of nitrogens with zero attached hydrogens (tertiary/aromatic N) is 2. The van der Waals surface area contributed by atoms with Crippen molar-refractivity contribution in [3.8, 4) is 0 Å². The smallest absolute Gasteiger partial charge is 0.321 e. The molecule has 0 atom stereocenters. The van der Waals surface area contributed by atoms with Crippen molar-refractivity contribution >= 4 is 29.0 Å². The van der Waals surface area contributed by atoms with Gasteiger partial charge in [-0.25, -0.2) is 4.79 Å². The van der Waals surface area contributed by atoms with E-state index in [0.717, 1.165) is 24.5 Å². The third kappa shape index (κ3) is 4.11. The summed E-state index contributed by atoms with van der Waals surface area (Å²) in [6.07, 6.45) is 5.10. The van der Waals surface area contributed by atoms with E-state index >= 15 is 0 Å². The first kappa shape index (κ1) is 18.3. The predicted molar refractivity (Wildman–Crippen MR) is 112 cm³/mol. The van der Waals surface area contributed by atoms with Crippen LogP contribution in [0.15, 0.2) is 48.5 Å². The van der Waals surface area contributed by atoms with E-state index in [0.29, 0.717) is 18.7 Å². The van der Waals surface area contributed by atoms with E-state index in [1.807, 2.05) is 18.2 Å². The van der Waals surface area contributed by atoms with Crippen LogP contribution in [0.5, 0.6) is 0 Å². The number of rotatable bonds is 4. The summed E-state index contributed by atoms with van der Waals surface area (Å²) in [7, 11) is 0. The zero-order valence-corrected chi connectivity index (χ0v) is 16.0. The fourth-order valence-electron chi connectivity index (χ4n) is 3.82. The Morgan fingerprint density at radius 1 is 0.893 bits per heavy atom.